The molecule has 0 aliphatic heterocycles. The van der Waals surface area contributed by atoms with Crippen molar-refractivity contribution in [2.75, 3.05) is 0 Å². The summed E-state index contributed by atoms with van der Waals surface area (Å²) in [7, 11) is 0. The highest BCUT2D eigenvalue weighted by Gasteiger charge is 2.09. The molecular weight excluding hydrogens is 260 g/mol. The highest BCUT2D eigenvalue weighted by Crippen LogP contribution is 2.21. The highest BCUT2D eigenvalue weighted by atomic mass is 35.5. The molecule has 19 heavy (non-hydrogen) atoms. The van der Waals surface area contributed by atoms with Gasteiger partial charge in [0.25, 0.3) is 5.24 Å². The van der Waals surface area contributed by atoms with Gasteiger partial charge in [0.15, 0.2) is 0 Å². The van der Waals surface area contributed by atoms with Crippen molar-refractivity contribution in [2.24, 2.45) is 0 Å². The third-order valence-electron chi connectivity index (χ3n) is 2.92. The Morgan fingerprint density at radius 1 is 1.05 bits per heavy atom. The van der Waals surface area contributed by atoms with Gasteiger partial charge < -0.3 is 4.74 Å². The average molecular weight is 275 g/mol. The predicted octanol–water partition coefficient (Wildman–Crippen LogP) is 4.21. The zero-order valence-corrected chi connectivity index (χ0v) is 11.5. The summed E-state index contributed by atoms with van der Waals surface area (Å²) in [6, 6.07) is 15.2. The molecule has 0 spiro atoms. The Morgan fingerprint density at radius 3 is 2.32 bits per heavy atom. The number of carbonyl (C=O) groups is 1. The van der Waals surface area contributed by atoms with Crippen LogP contribution in [0.4, 0.5) is 0 Å². The lowest BCUT2D eigenvalue weighted by molar-refractivity contribution is 0.107. The highest BCUT2D eigenvalue weighted by molar-refractivity contribution is 6.68. The minimum Gasteiger partial charge on any atom is -0.488 e. The van der Waals surface area contributed by atoms with Crippen molar-refractivity contribution in [3.8, 4) is 5.75 Å². The van der Waals surface area contributed by atoms with Gasteiger partial charge in [0.05, 0.1) is 5.56 Å². The van der Waals surface area contributed by atoms with Crippen molar-refractivity contribution in [3.63, 3.8) is 0 Å². The van der Waals surface area contributed by atoms with Crippen molar-refractivity contribution >= 4 is 16.8 Å². The van der Waals surface area contributed by atoms with Crippen molar-refractivity contribution < 1.29 is 9.53 Å². The van der Waals surface area contributed by atoms with Crippen molar-refractivity contribution in [2.45, 2.75) is 20.0 Å². The number of aryl methyl sites for hydroxylation is 1. The lowest BCUT2D eigenvalue weighted by Crippen LogP contribution is -2.00. The monoisotopic (exact) mass is 274 g/mol. The van der Waals surface area contributed by atoms with Crippen molar-refractivity contribution in [1.29, 1.82) is 0 Å². The van der Waals surface area contributed by atoms with Gasteiger partial charge in [-0.2, -0.15) is 0 Å². The van der Waals surface area contributed by atoms with E-state index in [0.29, 0.717) is 17.9 Å². The maximum Gasteiger partial charge on any atom is 0.256 e. The largest absolute Gasteiger partial charge is 0.488 e. The lowest BCUT2D eigenvalue weighted by atomic mass is 10.1. The van der Waals surface area contributed by atoms with Gasteiger partial charge in [0.2, 0.25) is 0 Å². The third kappa shape index (κ3) is 3.58. The summed E-state index contributed by atoms with van der Waals surface area (Å²) in [5, 5.41) is -0.503. The summed E-state index contributed by atoms with van der Waals surface area (Å²) < 4.78 is 5.65. The number of hydrogen-bond donors (Lipinski definition) is 0. The number of rotatable bonds is 5. The Labute approximate surface area is 118 Å². The van der Waals surface area contributed by atoms with Crippen LogP contribution in [0.5, 0.6) is 5.75 Å². The van der Waals surface area contributed by atoms with Crippen LogP contribution in [0.1, 0.15) is 28.4 Å². The maximum atomic E-state index is 11.2. The first-order valence-corrected chi connectivity index (χ1v) is 6.58. The molecule has 0 atom stereocenters. The fraction of sp³-hybridized carbons (Fsp3) is 0.188. The van der Waals surface area contributed by atoms with Crippen molar-refractivity contribution in [1.82, 2.24) is 0 Å². The topological polar surface area (TPSA) is 26.3 Å². The Hall–Kier alpha value is -1.80. The Kier molecular flexibility index (Phi) is 4.58. The molecule has 0 saturated heterocycles. The van der Waals surface area contributed by atoms with E-state index in [0.717, 1.165) is 12.0 Å². The maximum absolute atomic E-state index is 11.2. The molecule has 3 heteroatoms. The lowest BCUT2D eigenvalue weighted by Gasteiger charge is -2.09. The molecule has 0 aliphatic rings. The zero-order valence-electron chi connectivity index (χ0n) is 10.7. The molecule has 0 bridgehead atoms. The zero-order chi connectivity index (χ0) is 13.7. The van der Waals surface area contributed by atoms with Crippen LogP contribution in [0.25, 0.3) is 0 Å². The summed E-state index contributed by atoms with van der Waals surface area (Å²) in [5.41, 5.74) is 2.75. The molecule has 2 rings (SSSR count). The quantitative estimate of drug-likeness (QED) is 0.764. The standard InChI is InChI=1S/C16H15ClO2/c1-2-12-7-9-13(10-8-12)11-19-15-6-4-3-5-14(15)16(17)18/h3-10H,2,11H2,1H3. The summed E-state index contributed by atoms with van der Waals surface area (Å²) >= 11 is 5.51. The van der Waals surface area contributed by atoms with Gasteiger partial charge in [-0.25, -0.2) is 0 Å². The molecule has 0 radical (unpaired) electrons. The third-order valence-corrected chi connectivity index (χ3v) is 3.13. The second-order valence-corrected chi connectivity index (χ2v) is 4.57. The van der Waals surface area contributed by atoms with Crippen LogP contribution < -0.4 is 4.74 Å². The second-order valence-electron chi connectivity index (χ2n) is 4.23. The van der Waals surface area contributed by atoms with E-state index < -0.39 is 5.24 Å². The Balaban J connectivity index is 2.07. The van der Waals surface area contributed by atoms with Crippen LogP contribution in [0, 0.1) is 0 Å². The number of hydrogen-bond acceptors (Lipinski definition) is 2. The molecule has 0 saturated carbocycles. The smallest absolute Gasteiger partial charge is 0.256 e. The Morgan fingerprint density at radius 2 is 1.68 bits per heavy atom. The van der Waals surface area contributed by atoms with Crippen LogP contribution in [0.3, 0.4) is 0 Å². The van der Waals surface area contributed by atoms with Crippen LogP contribution in [0.2, 0.25) is 0 Å². The van der Waals surface area contributed by atoms with Crippen LogP contribution in [-0.4, -0.2) is 5.24 Å². The summed E-state index contributed by atoms with van der Waals surface area (Å²) in [6.07, 6.45) is 1.02. The van der Waals surface area contributed by atoms with E-state index in [4.69, 9.17) is 16.3 Å². The van der Waals surface area contributed by atoms with Gasteiger partial charge >= 0.3 is 0 Å². The van der Waals surface area contributed by atoms with Crippen LogP contribution in [-0.2, 0) is 13.0 Å². The predicted molar refractivity (Wildman–Crippen MR) is 76.8 cm³/mol. The van der Waals surface area contributed by atoms with Gasteiger partial charge in [-0.3, -0.25) is 4.79 Å². The molecule has 0 heterocycles. The molecule has 98 valence electrons. The SMILES string of the molecule is CCc1ccc(COc2ccccc2C(=O)Cl)cc1. The molecule has 2 aromatic carbocycles. The molecule has 0 aromatic heterocycles. The van der Waals surface area contributed by atoms with Gasteiger partial charge in [-0.05, 0) is 41.3 Å². The number of para-hydroxylation sites is 1. The Bertz CT molecular complexity index is 561. The number of carbonyl (C=O) groups excluding carboxylic acids is 1. The van der Waals surface area contributed by atoms with Crippen LogP contribution in [0.15, 0.2) is 48.5 Å². The van der Waals surface area contributed by atoms with E-state index in [1.165, 1.54) is 5.56 Å². The normalized spacial score (nSPS) is 10.2. The second kappa shape index (κ2) is 6.39. The molecule has 0 fully saturated rings. The number of ether oxygens (including phenoxy) is 1. The van der Waals surface area contributed by atoms with E-state index in [1.807, 2.05) is 18.2 Å². The minimum atomic E-state index is -0.503. The number of benzene rings is 2. The molecule has 0 amide bonds. The first kappa shape index (κ1) is 13.6. The molecule has 2 nitrogen and oxygen atoms in total. The summed E-state index contributed by atoms with van der Waals surface area (Å²) in [5.74, 6) is 0.516. The molecule has 2 aromatic rings. The minimum absolute atomic E-state index is 0.398. The van der Waals surface area contributed by atoms with E-state index >= 15 is 0 Å². The average Bonchev–Trinajstić information content (AvgIpc) is 2.46. The molecular formula is C16H15ClO2. The van der Waals surface area contributed by atoms with Gasteiger partial charge in [-0.1, -0.05) is 43.3 Å². The summed E-state index contributed by atoms with van der Waals surface area (Å²) in [6.45, 7) is 2.54. The van der Waals surface area contributed by atoms with Crippen LogP contribution >= 0.6 is 11.6 Å². The van der Waals surface area contributed by atoms with Gasteiger partial charge in [0.1, 0.15) is 12.4 Å². The van der Waals surface area contributed by atoms with E-state index in [9.17, 15) is 4.79 Å². The first-order chi connectivity index (χ1) is 9.20. The number of halogens is 1. The fourth-order valence-corrected chi connectivity index (χ4v) is 1.94. The molecule has 0 unspecified atom stereocenters. The first-order valence-electron chi connectivity index (χ1n) is 6.20. The molecule has 0 N–H and O–H groups in total. The molecule has 0 aliphatic carbocycles. The van der Waals surface area contributed by atoms with E-state index in [2.05, 4.69) is 19.1 Å². The summed E-state index contributed by atoms with van der Waals surface area (Å²) in [4.78, 5) is 11.2. The fourth-order valence-electron chi connectivity index (χ4n) is 1.79. The van der Waals surface area contributed by atoms with Gasteiger partial charge in [-0.15, -0.1) is 0 Å². The van der Waals surface area contributed by atoms with E-state index in [1.54, 1.807) is 18.2 Å². The van der Waals surface area contributed by atoms with E-state index in [-0.39, 0.29) is 0 Å². The van der Waals surface area contributed by atoms with Crippen molar-refractivity contribution in [3.05, 3.63) is 65.2 Å². The van der Waals surface area contributed by atoms with Gasteiger partial charge in [0, 0.05) is 0 Å².